The van der Waals surface area contributed by atoms with Crippen molar-refractivity contribution in [3.63, 3.8) is 0 Å². The third kappa shape index (κ3) is 4.88. The maximum absolute atomic E-state index is 5.99. The Morgan fingerprint density at radius 2 is 1.31 bits per heavy atom. The molecule has 0 saturated carbocycles. The first-order valence-electron chi connectivity index (χ1n) is 13.5. The van der Waals surface area contributed by atoms with Gasteiger partial charge in [-0.25, -0.2) is 19.9 Å². The van der Waals surface area contributed by atoms with Gasteiger partial charge in [0.1, 0.15) is 23.2 Å². The maximum Gasteiger partial charge on any atom is 0.167 e. The predicted octanol–water partition coefficient (Wildman–Crippen LogP) is 7.93. The Hall–Kier alpha value is -3.80. The van der Waals surface area contributed by atoms with Crippen LogP contribution in [0.25, 0.3) is 39.0 Å². The van der Waals surface area contributed by atoms with Crippen LogP contribution in [0.3, 0.4) is 0 Å². The minimum absolute atomic E-state index is 0.00944. The lowest BCUT2D eigenvalue weighted by molar-refractivity contribution is 0.416. The normalized spacial score (nSPS) is 12.9. The van der Waals surface area contributed by atoms with Gasteiger partial charge >= 0.3 is 0 Å². The molecular formula is C33H39N5O. The van der Waals surface area contributed by atoms with Crippen LogP contribution in [-0.4, -0.2) is 31.6 Å². The molecule has 3 aromatic heterocycles. The van der Waals surface area contributed by atoms with E-state index in [1.807, 2.05) is 6.20 Å². The van der Waals surface area contributed by atoms with Gasteiger partial charge in [-0.1, -0.05) is 80.5 Å². The summed E-state index contributed by atoms with van der Waals surface area (Å²) < 4.78 is 8.21. The fourth-order valence-corrected chi connectivity index (χ4v) is 4.76. The quantitative estimate of drug-likeness (QED) is 0.241. The monoisotopic (exact) mass is 521 g/mol. The van der Waals surface area contributed by atoms with Gasteiger partial charge in [0.15, 0.2) is 5.82 Å². The molecule has 5 rings (SSSR count). The minimum atomic E-state index is -0.227. The van der Waals surface area contributed by atoms with E-state index in [0.717, 1.165) is 44.8 Å². The highest BCUT2D eigenvalue weighted by Crippen LogP contribution is 2.40. The van der Waals surface area contributed by atoms with Crippen molar-refractivity contribution >= 4 is 21.8 Å². The second-order valence-corrected chi connectivity index (χ2v) is 13.4. The fourth-order valence-electron chi connectivity index (χ4n) is 4.76. The smallest absolute Gasteiger partial charge is 0.167 e. The zero-order valence-electron chi connectivity index (χ0n) is 24.8. The van der Waals surface area contributed by atoms with Crippen molar-refractivity contribution in [2.24, 2.45) is 0 Å². The number of hydrogen-bond acceptors (Lipinski definition) is 5. The van der Waals surface area contributed by atoms with Crippen LogP contribution in [0.4, 0.5) is 0 Å². The summed E-state index contributed by atoms with van der Waals surface area (Å²) in [6, 6.07) is 17.0. The van der Waals surface area contributed by atoms with Crippen molar-refractivity contribution in [3.05, 3.63) is 71.9 Å². The van der Waals surface area contributed by atoms with Crippen LogP contribution in [0, 0.1) is 0 Å². The molecule has 0 radical (unpaired) electrons. The number of aromatic nitrogens is 5. The zero-order chi connectivity index (χ0) is 28.3. The van der Waals surface area contributed by atoms with Gasteiger partial charge in [0, 0.05) is 33.9 Å². The predicted molar refractivity (Wildman–Crippen MR) is 160 cm³/mol. The molecule has 0 atom stereocenters. The first kappa shape index (κ1) is 26.8. The van der Waals surface area contributed by atoms with E-state index in [4.69, 9.17) is 24.7 Å². The Morgan fingerprint density at radius 1 is 0.667 bits per heavy atom. The number of methoxy groups -OCH3 is 1. The van der Waals surface area contributed by atoms with Crippen molar-refractivity contribution in [3.8, 4) is 23.0 Å². The van der Waals surface area contributed by atoms with Crippen LogP contribution < -0.4 is 4.74 Å². The van der Waals surface area contributed by atoms with Gasteiger partial charge in [-0.15, -0.1) is 0 Å². The highest BCUT2D eigenvalue weighted by atomic mass is 16.5. The van der Waals surface area contributed by atoms with E-state index in [2.05, 4.69) is 115 Å². The Labute approximate surface area is 231 Å². The molecule has 39 heavy (non-hydrogen) atoms. The molecule has 3 heterocycles. The van der Waals surface area contributed by atoms with E-state index in [-0.39, 0.29) is 16.2 Å². The number of nitrogens with zero attached hydrogens (tertiary/aromatic N) is 5. The zero-order valence-corrected chi connectivity index (χ0v) is 24.8. The van der Waals surface area contributed by atoms with Crippen LogP contribution in [0.15, 0.2) is 54.7 Å². The molecule has 0 amide bonds. The van der Waals surface area contributed by atoms with Crippen molar-refractivity contribution < 1.29 is 4.74 Å². The van der Waals surface area contributed by atoms with Gasteiger partial charge in [0.05, 0.1) is 23.7 Å². The summed E-state index contributed by atoms with van der Waals surface area (Å²) >= 11 is 0. The maximum atomic E-state index is 5.99. The summed E-state index contributed by atoms with van der Waals surface area (Å²) in [6.07, 6.45) is 1.90. The SMILES string of the molecule is COc1cc2c(cc1-c1nc(C(C)(C)C)nc(C(C)(C)C)n1)c1ccccc1n2-c1cc(C(C)(C)C)ccn1. The standard InChI is InChI=1S/C33H39N5O/c1-31(2,3)20-15-16-34-27(17-20)38-24-14-12-11-13-21(24)22-18-23(26(39-10)19-25(22)38)28-35-29(32(4,5)6)37-30(36-28)33(7,8)9/h11-19H,1-10H3. The van der Waals surface area contributed by atoms with Gasteiger partial charge in [-0.3, -0.25) is 4.57 Å². The molecule has 0 N–H and O–H groups in total. The summed E-state index contributed by atoms with van der Waals surface area (Å²) in [5.41, 5.74) is 3.75. The molecule has 0 aliphatic carbocycles. The molecule has 0 aliphatic rings. The number of fused-ring (bicyclic) bond motifs is 3. The second-order valence-electron chi connectivity index (χ2n) is 13.4. The summed E-state index contributed by atoms with van der Waals surface area (Å²) in [5, 5.41) is 2.24. The lowest BCUT2D eigenvalue weighted by Crippen LogP contribution is -2.24. The average Bonchev–Trinajstić information content (AvgIpc) is 3.19. The molecular weight excluding hydrogens is 482 g/mol. The van der Waals surface area contributed by atoms with Crippen molar-refractivity contribution in [2.45, 2.75) is 78.6 Å². The van der Waals surface area contributed by atoms with Gasteiger partial charge in [0.2, 0.25) is 0 Å². The molecule has 0 aliphatic heterocycles. The summed E-state index contributed by atoms with van der Waals surface area (Å²) in [4.78, 5) is 19.6. The van der Waals surface area contributed by atoms with Gasteiger partial charge in [0.25, 0.3) is 0 Å². The first-order chi connectivity index (χ1) is 18.2. The number of rotatable bonds is 3. The molecule has 0 bridgehead atoms. The molecule has 202 valence electrons. The fraction of sp³-hybridized carbons (Fsp3) is 0.394. The van der Waals surface area contributed by atoms with E-state index in [9.17, 15) is 0 Å². The molecule has 5 aromatic rings. The second kappa shape index (κ2) is 9.15. The number of para-hydroxylation sites is 1. The van der Waals surface area contributed by atoms with E-state index in [0.29, 0.717) is 11.6 Å². The molecule has 0 saturated heterocycles. The topological polar surface area (TPSA) is 65.7 Å². The number of pyridine rings is 1. The summed E-state index contributed by atoms with van der Waals surface area (Å²) in [6.45, 7) is 19.4. The lowest BCUT2D eigenvalue weighted by atomic mass is 9.88. The first-order valence-corrected chi connectivity index (χ1v) is 13.5. The van der Waals surface area contributed by atoms with Crippen LogP contribution in [0.2, 0.25) is 0 Å². The van der Waals surface area contributed by atoms with Gasteiger partial charge in [-0.05, 0) is 35.2 Å². The molecule has 6 heteroatoms. The van der Waals surface area contributed by atoms with Crippen LogP contribution in [-0.2, 0) is 16.2 Å². The Morgan fingerprint density at radius 3 is 1.90 bits per heavy atom. The van der Waals surface area contributed by atoms with Crippen LogP contribution >= 0.6 is 0 Å². The van der Waals surface area contributed by atoms with Crippen molar-refractivity contribution in [2.75, 3.05) is 7.11 Å². The highest BCUT2D eigenvalue weighted by Gasteiger charge is 2.27. The van der Waals surface area contributed by atoms with Gasteiger partial charge in [-0.2, -0.15) is 0 Å². The summed E-state index contributed by atoms with van der Waals surface area (Å²) in [7, 11) is 1.70. The molecule has 0 fully saturated rings. The minimum Gasteiger partial charge on any atom is -0.496 e. The van der Waals surface area contributed by atoms with E-state index >= 15 is 0 Å². The number of hydrogen-bond donors (Lipinski definition) is 0. The highest BCUT2D eigenvalue weighted by molar-refractivity contribution is 6.11. The van der Waals surface area contributed by atoms with E-state index < -0.39 is 0 Å². The largest absolute Gasteiger partial charge is 0.496 e. The number of benzene rings is 2. The summed E-state index contributed by atoms with van der Waals surface area (Å²) in [5.74, 6) is 3.76. The number of ether oxygens (including phenoxy) is 1. The Bertz CT molecular complexity index is 1660. The molecule has 0 unspecified atom stereocenters. The van der Waals surface area contributed by atoms with Crippen molar-refractivity contribution in [1.82, 2.24) is 24.5 Å². The van der Waals surface area contributed by atoms with E-state index in [1.54, 1.807) is 7.11 Å². The van der Waals surface area contributed by atoms with Crippen molar-refractivity contribution in [1.29, 1.82) is 0 Å². The molecule has 0 spiro atoms. The average molecular weight is 522 g/mol. The van der Waals surface area contributed by atoms with Crippen LogP contribution in [0.1, 0.15) is 79.5 Å². The lowest BCUT2D eigenvalue weighted by Gasteiger charge is -2.23. The third-order valence-electron chi connectivity index (χ3n) is 7.05. The molecule has 6 nitrogen and oxygen atoms in total. The Kier molecular flexibility index (Phi) is 6.28. The Balaban J connectivity index is 1.84. The van der Waals surface area contributed by atoms with Crippen LogP contribution in [0.5, 0.6) is 5.75 Å². The van der Waals surface area contributed by atoms with E-state index in [1.165, 1.54) is 5.56 Å². The third-order valence-corrected chi connectivity index (χ3v) is 7.05. The van der Waals surface area contributed by atoms with Gasteiger partial charge < -0.3 is 4.74 Å². The molecule has 2 aromatic carbocycles.